The van der Waals surface area contributed by atoms with Crippen molar-refractivity contribution in [2.45, 2.75) is 26.7 Å². The standard InChI is InChI=1S/C12H12F2N2O2/c1-3-18-11(17)4-8-7(2)10(5-15)16-6-9(8)12(13)14/h6,12H,3-4H2,1-2H3. The van der Waals surface area contributed by atoms with Gasteiger partial charge in [-0.05, 0) is 25.0 Å². The lowest BCUT2D eigenvalue weighted by Crippen LogP contribution is -2.12. The van der Waals surface area contributed by atoms with E-state index >= 15 is 0 Å². The molecule has 1 rings (SSSR count). The summed E-state index contributed by atoms with van der Waals surface area (Å²) in [5, 5.41) is 8.79. The van der Waals surface area contributed by atoms with Crippen molar-refractivity contribution >= 4 is 5.97 Å². The molecule has 0 saturated heterocycles. The SMILES string of the molecule is CCOC(=O)Cc1c(C(F)F)cnc(C#N)c1C. The lowest BCUT2D eigenvalue weighted by molar-refractivity contribution is -0.142. The van der Waals surface area contributed by atoms with Crippen molar-refractivity contribution < 1.29 is 18.3 Å². The van der Waals surface area contributed by atoms with Crippen molar-refractivity contribution in [3.8, 4) is 6.07 Å². The molecule has 0 aliphatic heterocycles. The zero-order valence-corrected chi connectivity index (χ0v) is 10.0. The van der Waals surface area contributed by atoms with Gasteiger partial charge in [-0.1, -0.05) is 0 Å². The number of carbonyl (C=O) groups is 1. The van der Waals surface area contributed by atoms with Crippen LogP contribution < -0.4 is 0 Å². The van der Waals surface area contributed by atoms with Crippen LogP contribution in [0.3, 0.4) is 0 Å². The molecule has 0 N–H and O–H groups in total. The summed E-state index contributed by atoms with van der Waals surface area (Å²) in [6.45, 7) is 3.30. The lowest BCUT2D eigenvalue weighted by Gasteiger charge is -2.12. The van der Waals surface area contributed by atoms with Crippen molar-refractivity contribution in [2.75, 3.05) is 6.61 Å². The number of hydrogen-bond acceptors (Lipinski definition) is 4. The molecule has 18 heavy (non-hydrogen) atoms. The Morgan fingerprint density at radius 2 is 2.28 bits per heavy atom. The normalized spacial score (nSPS) is 10.2. The van der Waals surface area contributed by atoms with E-state index in [1.807, 2.05) is 0 Å². The first-order valence-corrected chi connectivity index (χ1v) is 5.33. The Morgan fingerprint density at radius 3 is 2.78 bits per heavy atom. The molecule has 0 bridgehead atoms. The number of rotatable bonds is 4. The van der Waals surface area contributed by atoms with E-state index < -0.39 is 12.4 Å². The zero-order valence-electron chi connectivity index (χ0n) is 10.0. The maximum atomic E-state index is 12.8. The third kappa shape index (κ3) is 3.00. The van der Waals surface area contributed by atoms with Gasteiger partial charge in [0.2, 0.25) is 0 Å². The summed E-state index contributed by atoms with van der Waals surface area (Å²) >= 11 is 0. The summed E-state index contributed by atoms with van der Waals surface area (Å²) in [7, 11) is 0. The van der Waals surface area contributed by atoms with Gasteiger partial charge in [0.15, 0.2) is 0 Å². The Balaban J connectivity index is 3.20. The molecular weight excluding hydrogens is 242 g/mol. The van der Waals surface area contributed by atoms with Crippen molar-refractivity contribution in [1.29, 1.82) is 5.26 Å². The van der Waals surface area contributed by atoms with E-state index in [0.29, 0.717) is 5.56 Å². The highest BCUT2D eigenvalue weighted by Gasteiger charge is 2.20. The molecule has 0 atom stereocenters. The van der Waals surface area contributed by atoms with Crippen molar-refractivity contribution in [3.05, 3.63) is 28.6 Å². The molecule has 0 spiro atoms. The number of carbonyl (C=O) groups excluding carboxylic acids is 1. The van der Waals surface area contributed by atoms with E-state index in [2.05, 4.69) is 4.98 Å². The van der Waals surface area contributed by atoms with E-state index in [1.54, 1.807) is 13.0 Å². The average Bonchev–Trinajstić information content (AvgIpc) is 2.31. The fourth-order valence-electron chi connectivity index (χ4n) is 1.56. The highest BCUT2D eigenvalue weighted by Crippen LogP contribution is 2.26. The largest absolute Gasteiger partial charge is 0.466 e. The van der Waals surface area contributed by atoms with E-state index in [1.165, 1.54) is 6.92 Å². The molecular formula is C12H12F2N2O2. The second-order valence-corrected chi connectivity index (χ2v) is 3.56. The monoisotopic (exact) mass is 254 g/mol. The smallest absolute Gasteiger partial charge is 0.310 e. The van der Waals surface area contributed by atoms with Gasteiger partial charge in [0.1, 0.15) is 11.8 Å². The average molecular weight is 254 g/mol. The van der Waals surface area contributed by atoms with Gasteiger partial charge in [0.25, 0.3) is 6.43 Å². The molecule has 1 aromatic heterocycles. The predicted octanol–water partition coefficient (Wildman–Crippen LogP) is 2.30. The van der Waals surface area contributed by atoms with E-state index in [-0.39, 0.29) is 29.8 Å². The van der Waals surface area contributed by atoms with Crippen LogP contribution in [0.2, 0.25) is 0 Å². The molecule has 0 aliphatic rings. The summed E-state index contributed by atoms with van der Waals surface area (Å²) < 4.78 is 30.3. The van der Waals surface area contributed by atoms with Crippen molar-refractivity contribution in [3.63, 3.8) is 0 Å². The highest BCUT2D eigenvalue weighted by atomic mass is 19.3. The minimum absolute atomic E-state index is 0.0405. The topological polar surface area (TPSA) is 63.0 Å². The molecule has 0 aliphatic carbocycles. The van der Waals surface area contributed by atoms with Gasteiger partial charge in [-0.2, -0.15) is 5.26 Å². The fraction of sp³-hybridized carbons (Fsp3) is 0.417. The van der Waals surface area contributed by atoms with Gasteiger partial charge in [0.05, 0.1) is 13.0 Å². The number of aromatic nitrogens is 1. The highest BCUT2D eigenvalue weighted by molar-refractivity contribution is 5.74. The Morgan fingerprint density at radius 1 is 1.61 bits per heavy atom. The Labute approximate surface area is 103 Å². The van der Waals surface area contributed by atoms with Crippen LogP contribution in [-0.2, 0) is 16.0 Å². The van der Waals surface area contributed by atoms with Crippen LogP contribution in [-0.4, -0.2) is 17.6 Å². The van der Waals surface area contributed by atoms with Crippen LogP contribution in [0.4, 0.5) is 8.78 Å². The molecule has 0 unspecified atom stereocenters. The first-order valence-electron chi connectivity index (χ1n) is 5.33. The number of pyridine rings is 1. The first kappa shape index (κ1) is 14.0. The summed E-state index contributed by atoms with van der Waals surface area (Å²) in [5.74, 6) is -0.599. The molecule has 96 valence electrons. The molecule has 6 heteroatoms. The van der Waals surface area contributed by atoms with Gasteiger partial charge in [-0.3, -0.25) is 4.79 Å². The summed E-state index contributed by atoms with van der Waals surface area (Å²) in [4.78, 5) is 15.0. The maximum Gasteiger partial charge on any atom is 0.310 e. The zero-order chi connectivity index (χ0) is 13.7. The number of nitrogens with zero attached hydrogens (tertiary/aromatic N) is 2. The van der Waals surface area contributed by atoms with Gasteiger partial charge in [-0.25, -0.2) is 13.8 Å². The van der Waals surface area contributed by atoms with Gasteiger partial charge in [-0.15, -0.1) is 0 Å². The number of alkyl halides is 2. The Hall–Kier alpha value is -2.03. The number of hydrogen-bond donors (Lipinski definition) is 0. The fourth-order valence-corrected chi connectivity index (χ4v) is 1.56. The minimum atomic E-state index is -2.74. The number of nitriles is 1. The molecule has 1 heterocycles. The van der Waals surface area contributed by atoms with Gasteiger partial charge < -0.3 is 4.74 Å². The molecule has 0 saturated carbocycles. The Kier molecular flexibility index (Phi) is 4.72. The molecule has 0 fully saturated rings. The summed E-state index contributed by atoms with van der Waals surface area (Å²) in [6, 6.07) is 1.80. The van der Waals surface area contributed by atoms with Crippen LogP contribution in [0.5, 0.6) is 0 Å². The van der Waals surface area contributed by atoms with E-state index in [4.69, 9.17) is 10.00 Å². The quantitative estimate of drug-likeness (QED) is 0.773. The number of halogens is 2. The second-order valence-electron chi connectivity index (χ2n) is 3.56. The van der Waals surface area contributed by atoms with Gasteiger partial charge in [0, 0.05) is 11.8 Å². The van der Waals surface area contributed by atoms with Crippen LogP contribution in [0, 0.1) is 18.3 Å². The van der Waals surface area contributed by atoms with Crippen molar-refractivity contribution in [2.24, 2.45) is 0 Å². The third-order valence-electron chi connectivity index (χ3n) is 2.46. The third-order valence-corrected chi connectivity index (χ3v) is 2.46. The van der Waals surface area contributed by atoms with Crippen LogP contribution in [0.15, 0.2) is 6.20 Å². The molecule has 0 aromatic carbocycles. The number of ether oxygens (including phenoxy) is 1. The number of esters is 1. The molecule has 0 amide bonds. The van der Waals surface area contributed by atoms with Crippen LogP contribution in [0.25, 0.3) is 0 Å². The summed E-state index contributed by atoms with van der Waals surface area (Å²) in [6.07, 6.45) is -2.09. The summed E-state index contributed by atoms with van der Waals surface area (Å²) in [5.41, 5.74) is 0.122. The molecule has 0 radical (unpaired) electrons. The second kappa shape index (κ2) is 6.05. The van der Waals surface area contributed by atoms with Crippen molar-refractivity contribution in [1.82, 2.24) is 4.98 Å². The van der Waals surface area contributed by atoms with E-state index in [0.717, 1.165) is 6.20 Å². The Bertz CT molecular complexity index is 496. The minimum Gasteiger partial charge on any atom is -0.466 e. The van der Waals surface area contributed by atoms with E-state index in [9.17, 15) is 13.6 Å². The predicted molar refractivity (Wildman–Crippen MR) is 59.0 cm³/mol. The molecule has 1 aromatic rings. The van der Waals surface area contributed by atoms with Crippen LogP contribution >= 0.6 is 0 Å². The van der Waals surface area contributed by atoms with Gasteiger partial charge >= 0.3 is 5.97 Å². The van der Waals surface area contributed by atoms with Crippen LogP contribution in [0.1, 0.15) is 35.7 Å². The lowest BCUT2D eigenvalue weighted by atomic mass is 10.00. The molecule has 4 nitrogen and oxygen atoms in total. The maximum absolute atomic E-state index is 12.8. The first-order chi connectivity index (χ1) is 8.51.